The fourth-order valence-corrected chi connectivity index (χ4v) is 2.15. The minimum absolute atomic E-state index is 0.258. The molecule has 0 aliphatic rings. The predicted molar refractivity (Wildman–Crippen MR) is 79.2 cm³/mol. The number of aromatic nitrogens is 2. The van der Waals surface area contributed by atoms with Gasteiger partial charge in [0.05, 0.1) is 4.47 Å². The average molecular weight is 322 g/mol. The van der Waals surface area contributed by atoms with Gasteiger partial charge in [-0.15, -0.1) is 0 Å². The highest BCUT2D eigenvalue weighted by molar-refractivity contribution is 9.10. The number of benzene rings is 1. The van der Waals surface area contributed by atoms with Gasteiger partial charge in [-0.05, 0) is 28.4 Å². The van der Waals surface area contributed by atoms with Crippen molar-refractivity contribution in [2.24, 2.45) is 0 Å². The quantitative estimate of drug-likeness (QED) is 0.916. The summed E-state index contributed by atoms with van der Waals surface area (Å²) in [6, 6.07) is 9.94. The number of anilines is 1. The van der Waals surface area contributed by atoms with Crippen LogP contribution in [0, 0.1) is 0 Å². The first-order valence-corrected chi connectivity index (χ1v) is 6.89. The maximum Gasteiger partial charge on any atom is 0.164 e. The van der Waals surface area contributed by atoms with Crippen molar-refractivity contribution in [1.29, 1.82) is 0 Å². The first-order chi connectivity index (χ1) is 9.26. The molecule has 5 heteroatoms. The van der Waals surface area contributed by atoms with Gasteiger partial charge in [0.25, 0.3) is 0 Å². The molecule has 100 valence electrons. The lowest BCUT2D eigenvalue weighted by atomic mass is 10.1. The lowest BCUT2D eigenvalue weighted by molar-refractivity contribution is 0.129. The van der Waals surface area contributed by atoms with E-state index in [4.69, 9.17) is 4.74 Å². The lowest BCUT2D eigenvalue weighted by Gasteiger charge is -2.15. The van der Waals surface area contributed by atoms with Gasteiger partial charge in [0.2, 0.25) is 0 Å². The van der Waals surface area contributed by atoms with Crippen molar-refractivity contribution in [2.75, 3.05) is 19.0 Å². The molecule has 4 nitrogen and oxygen atoms in total. The lowest BCUT2D eigenvalue weighted by Crippen LogP contribution is -2.11. The van der Waals surface area contributed by atoms with Crippen LogP contribution in [0.5, 0.6) is 0 Å². The predicted octanol–water partition coefficient (Wildman–Crippen LogP) is 3.41. The Bertz CT molecular complexity index is 533. The van der Waals surface area contributed by atoms with Crippen molar-refractivity contribution in [3.63, 3.8) is 0 Å². The van der Waals surface area contributed by atoms with E-state index < -0.39 is 0 Å². The largest absolute Gasteiger partial charge is 0.369 e. The molecule has 0 aliphatic carbocycles. The summed E-state index contributed by atoms with van der Waals surface area (Å²) in [5.41, 5.74) is 1.04. The number of nitrogens with one attached hydrogen (secondary N) is 1. The summed E-state index contributed by atoms with van der Waals surface area (Å²) >= 11 is 3.43. The third kappa shape index (κ3) is 3.30. The molecule has 0 bridgehead atoms. The minimum atomic E-state index is -0.258. The van der Waals surface area contributed by atoms with Crippen LogP contribution in [-0.4, -0.2) is 23.6 Å². The molecule has 0 amide bonds. The zero-order valence-electron chi connectivity index (χ0n) is 10.9. The van der Waals surface area contributed by atoms with Crippen LogP contribution in [0.15, 0.2) is 41.0 Å². The summed E-state index contributed by atoms with van der Waals surface area (Å²) in [5, 5.41) is 3.19. The summed E-state index contributed by atoms with van der Waals surface area (Å²) in [6.45, 7) is 2.83. The van der Waals surface area contributed by atoms with E-state index in [-0.39, 0.29) is 6.10 Å². The number of hydrogen-bond donors (Lipinski definition) is 1. The second-order valence-corrected chi connectivity index (χ2v) is 4.84. The average Bonchev–Trinajstić information content (AvgIpc) is 2.44. The molecular weight excluding hydrogens is 306 g/mol. The Hall–Kier alpha value is -1.46. The Morgan fingerprint density at radius 2 is 2.05 bits per heavy atom. The van der Waals surface area contributed by atoms with Gasteiger partial charge in [-0.2, -0.15) is 0 Å². The van der Waals surface area contributed by atoms with Crippen molar-refractivity contribution in [2.45, 2.75) is 13.0 Å². The molecule has 1 aromatic carbocycles. The van der Waals surface area contributed by atoms with Gasteiger partial charge in [0, 0.05) is 19.9 Å². The molecule has 0 spiro atoms. The molecule has 2 rings (SSSR count). The standard InChI is InChI=1S/C14H16BrN3O/c1-3-16-13-11(15)9-17-14(18-13)12(19-2)10-7-5-4-6-8-10/h4-9,12H,3H2,1-2H3,(H,16,17,18). The molecule has 0 radical (unpaired) electrons. The fraction of sp³-hybridized carbons (Fsp3) is 0.286. The summed E-state index contributed by atoms with van der Waals surface area (Å²) in [6.07, 6.45) is 1.49. The third-order valence-corrected chi connectivity index (χ3v) is 3.26. The number of methoxy groups -OCH3 is 1. The van der Waals surface area contributed by atoms with E-state index in [9.17, 15) is 0 Å². The second kappa shape index (κ2) is 6.63. The number of hydrogen-bond acceptors (Lipinski definition) is 4. The highest BCUT2D eigenvalue weighted by atomic mass is 79.9. The molecule has 0 aliphatic heterocycles. The molecule has 1 aromatic heterocycles. The molecule has 1 unspecified atom stereocenters. The van der Waals surface area contributed by atoms with Crippen molar-refractivity contribution in [1.82, 2.24) is 9.97 Å². The Balaban J connectivity index is 2.36. The van der Waals surface area contributed by atoms with E-state index in [1.807, 2.05) is 37.3 Å². The maximum absolute atomic E-state index is 5.53. The Labute approximate surface area is 121 Å². The summed E-state index contributed by atoms with van der Waals surface area (Å²) in [7, 11) is 1.66. The highest BCUT2D eigenvalue weighted by Crippen LogP contribution is 2.26. The highest BCUT2D eigenvalue weighted by Gasteiger charge is 2.17. The van der Waals surface area contributed by atoms with Crippen LogP contribution >= 0.6 is 15.9 Å². The SMILES string of the molecule is CCNc1nc(C(OC)c2ccccc2)ncc1Br. The number of nitrogens with zero attached hydrogens (tertiary/aromatic N) is 2. The smallest absolute Gasteiger partial charge is 0.164 e. The topological polar surface area (TPSA) is 47.0 Å². The van der Waals surface area contributed by atoms with Gasteiger partial charge < -0.3 is 10.1 Å². The molecule has 2 aromatic rings. The molecule has 0 saturated carbocycles. The van der Waals surface area contributed by atoms with Crippen molar-refractivity contribution in [3.05, 3.63) is 52.4 Å². The summed E-state index contributed by atoms with van der Waals surface area (Å²) in [4.78, 5) is 8.86. The molecule has 1 N–H and O–H groups in total. The summed E-state index contributed by atoms with van der Waals surface area (Å²) in [5.74, 6) is 1.43. The zero-order chi connectivity index (χ0) is 13.7. The normalized spacial score (nSPS) is 12.2. The summed E-state index contributed by atoms with van der Waals surface area (Å²) < 4.78 is 6.38. The van der Waals surface area contributed by atoms with Gasteiger partial charge in [-0.1, -0.05) is 30.3 Å². The number of ether oxygens (including phenoxy) is 1. The molecule has 0 saturated heterocycles. The van der Waals surface area contributed by atoms with E-state index in [0.29, 0.717) is 5.82 Å². The number of halogens is 1. The fourth-order valence-electron chi connectivity index (χ4n) is 1.82. The Kier molecular flexibility index (Phi) is 4.87. The molecule has 0 fully saturated rings. The Morgan fingerprint density at radius 1 is 1.32 bits per heavy atom. The van der Waals surface area contributed by atoms with Crippen LogP contribution in [0.2, 0.25) is 0 Å². The molecular formula is C14H16BrN3O. The molecule has 1 atom stereocenters. The molecule has 1 heterocycles. The first-order valence-electron chi connectivity index (χ1n) is 6.10. The van der Waals surface area contributed by atoms with E-state index in [0.717, 1.165) is 22.4 Å². The Morgan fingerprint density at radius 3 is 2.68 bits per heavy atom. The monoisotopic (exact) mass is 321 g/mol. The van der Waals surface area contributed by atoms with E-state index in [1.165, 1.54) is 0 Å². The van der Waals surface area contributed by atoms with Crippen LogP contribution in [0.3, 0.4) is 0 Å². The van der Waals surface area contributed by atoms with E-state index >= 15 is 0 Å². The van der Waals surface area contributed by atoms with Crippen molar-refractivity contribution < 1.29 is 4.74 Å². The second-order valence-electron chi connectivity index (χ2n) is 3.98. The zero-order valence-corrected chi connectivity index (χ0v) is 12.5. The van der Waals surface area contributed by atoms with Crippen LogP contribution in [0.25, 0.3) is 0 Å². The first kappa shape index (κ1) is 14.0. The van der Waals surface area contributed by atoms with Gasteiger partial charge in [0.1, 0.15) is 11.9 Å². The van der Waals surface area contributed by atoms with Crippen LogP contribution in [0.4, 0.5) is 5.82 Å². The van der Waals surface area contributed by atoms with E-state index in [1.54, 1.807) is 13.3 Å². The van der Waals surface area contributed by atoms with Crippen molar-refractivity contribution >= 4 is 21.7 Å². The number of rotatable bonds is 5. The van der Waals surface area contributed by atoms with Crippen LogP contribution in [0.1, 0.15) is 24.4 Å². The van der Waals surface area contributed by atoms with Gasteiger partial charge in [0.15, 0.2) is 5.82 Å². The molecule has 19 heavy (non-hydrogen) atoms. The van der Waals surface area contributed by atoms with Gasteiger partial charge in [-0.3, -0.25) is 0 Å². The van der Waals surface area contributed by atoms with Crippen molar-refractivity contribution in [3.8, 4) is 0 Å². The minimum Gasteiger partial charge on any atom is -0.369 e. The van der Waals surface area contributed by atoms with Crippen LogP contribution < -0.4 is 5.32 Å². The van der Waals surface area contributed by atoms with Crippen LogP contribution in [-0.2, 0) is 4.74 Å². The van der Waals surface area contributed by atoms with Gasteiger partial charge in [-0.25, -0.2) is 9.97 Å². The van der Waals surface area contributed by atoms with E-state index in [2.05, 4.69) is 31.2 Å². The maximum atomic E-state index is 5.53. The third-order valence-electron chi connectivity index (χ3n) is 2.68. The van der Waals surface area contributed by atoms with Gasteiger partial charge >= 0.3 is 0 Å².